The minimum atomic E-state index is 0.375. The van der Waals surface area contributed by atoms with E-state index in [0.717, 1.165) is 5.69 Å². The standard InChI is InChI=1S/C14H10N4/c15-9-11-5-4-6-12(10-16)14(11)18(17)13-7-2-1-3-8-13/h1-8H,17H2. The second kappa shape index (κ2) is 5.01. The summed E-state index contributed by atoms with van der Waals surface area (Å²) in [7, 11) is 0. The molecule has 0 atom stereocenters. The van der Waals surface area contributed by atoms with Gasteiger partial charge in [-0.2, -0.15) is 10.5 Å². The Bertz CT molecular complexity index is 603. The quantitative estimate of drug-likeness (QED) is 0.639. The number of anilines is 2. The van der Waals surface area contributed by atoms with Gasteiger partial charge >= 0.3 is 0 Å². The van der Waals surface area contributed by atoms with Crippen LogP contribution < -0.4 is 10.9 Å². The Balaban J connectivity index is 2.58. The van der Waals surface area contributed by atoms with Gasteiger partial charge in [0.2, 0.25) is 0 Å². The summed E-state index contributed by atoms with van der Waals surface area (Å²) >= 11 is 0. The van der Waals surface area contributed by atoms with E-state index in [2.05, 4.69) is 0 Å². The molecule has 2 aromatic carbocycles. The van der Waals surface area contributed by atoms with Crippen LogP contribution in [0, 0.1) is 22.7 Å². The summed E-state index contributed by atoms with van der Waals surface area (Å²) in [4.78, 5) is 0. The first-order valence-corrected chi connectivity index (χ1v) is 5.31. The molecular weight excluding hydrogens is 224 g/mol. The fourth-order valence-corrected chi connectivity index (χ4v) is 1.70. The van der Waals surface area contributed by atoms with E-state index in [-0.39, 0.29) is 0 Å². The summed E-state index contributed by atoms with van der Waals surface area (Å²) in [5.41, 5.74) is 1.89. The van der Waals surface area contributed by atoms with Crippen molar-refractivity contribution in [3.63, 3.8) is 0 Å². The number of rotatable bonds is 2. The van der Waals surface area contributed by atoms with Crippen LogP contribution in [0.4, 0.5) is 11.4 Å². The van der Waals surface area contributed by atoms with Gasteiger partial charge in [0.05, 0.1) is 22.5 Å². The van der Waals surface area contributed by atoms with Crippen molar-refractivity contribution in [2.45, 2.75) is 0 Å². The molecule has 0 amide bonds. The van der Waals surface area contributed by atoms with Crippen LogP contribution in [0.25, 0.3) is 0 Å². The van der Waals surface area contributed by atoms with Crippen molar-refractivity contribution in [3.05, 3.63) is 59.7 Å². The van der Waals surface area contributed by atoms with Gasteiger partial charge < -0.3 is 0 Å². The van der Waals surface area contributed by atoms with Gasteiger partial charge in [-0.3, -0.25) is 5.01 Å². The van der Waals surface area contributed by atoms with E-state index in [1.807, 2.05) is 42.5 Å². The summed E-state index contributed by atoms with van der Waals surface area (Å²) < 4.78 is 0. The normalized spacial score (nSPS) is 9.28. The van der Waals surface area contributed by atoms with Crippen LogP contribution in [0.2, 0.25) is 0 Å². The Morgan fingerprint density at radius 1 is 0.833 bits per heavy atom. The van der Waals surface area contributed by atoms with E-state index >= 15 is 0 Å². The SMILES string of the molecule is N#Cc1cccc(C#N)c1N(N)c1ccccc1. The number of hydrogen-bond acceptors (Lipinski definition) is 4. The molecule has 0 heterocycles. The van der Waals surface area contributed by atoms with Crippen LogP contribution in [0.15, 0.2) is 48.5 Å². The molecule has 2 aromatic rings. The summed E-state index contributed by atoms with van der Waals surface area (Å²) in [5, 5.41) is 19.5. The molecule has 18 heavy (non-hydrogen) atoms. The van der Waals surface area contributed by atoms with Gasteiger partial charge in [-0.05, 0) is 24.3 Å². The number of nitrogens with two attached hydrogens (primary N) is 1. The number of nitrogens with zero attached hydrogens (tertiary/aromatic N) is 3. The first-order chi connectivity index (χ1) is 8.77. The van der Waals surface area contributed by atoms with Crippen LogP contribution in [-0.4, -0.2) is 0 Å². The molecule has 0 aliphatic heterocycles. The molecule has 0 bridgehead atoms. The third kappa shape index (κ3) is 2.01. The van der Waals surface area contributed by atoms with Gasteiger partial charge in [0.1, 0.15) is 12.1 Å². The lowest BCUT2D eigenvalue weighted by Crippen LogP contribution is -2.26. The maximum Gasteiger partial charge on any atom is 0.101 e. The highest BCUT2D eigenvalue weighted by atomic mass is 15.4. The molecule has 2 rings (SSSR count). The number of hydrazine groups is 1. The van der Waals surface area contributed by atoms with Crippen LogP contribution >= 0.6 is 0 Å². The van der Waals surface area contributed by atoms with Gasteiger partial charge in [0.15, 0.2) is 0 Å². The molecule has 0 saturated carbocycles. The Kier molecular flexibility index (Phi) is 3.24. The number of hydrogen-bond donors (Lipinski definition) is 1. The summed E-state index contributed by atoms with van der Waals surface area (Å²) in [6.45, 7) is 0. The van der Waals surface area contributed by atoms with Crippen molar-refractivity contribution in [1.29, 1.82) is 10.5 Å². The highest BCUT2D eigenvalue weighted by molar-refractivity contribution is 5.74. The number of benzene rings is 2. The van der Waals surface area contributed by atoms with E-state index in [1.54, 1.807) is 18.2 Å². The molecule has 0 saturated heterocycles. The van der Waals surface area contributed by atoms with Crippen LogP contribution in [0.3, 0.4) is 0 Å². The minimum absolute atomic E-state index is 0.375. The zero-order valence-electron chi connectivity index (χ0n) is 9.54. The molecular formula is C14H10N4. The van der Waals surface area contributed by atoms with E-state index in [1.165, 1.54) is 5.01 Å². The highest BCUT2D eigenvalue weighted by Crippen LogP contribution is 2.28. The highest BCUT2D eigenvalue weighted by Gasteiger charge is 2.14. The number of nitriles is 2. The second-order valence-electron chi connectivity index (χ2n) is 3.63. The topological polar surface area (TPSA) is 76.8 Å². The smallest absolute Gasteiger partial charge is 0.101 e. The summed E-state index contributed by atoms with van der Waals surface area (Å²) in [5.74, 6) is 6.00. The third-order valence-corrected chi connectivity index (χ3v) is 2.55. The average Bonchev–Trinajstić information content (AvgIpc) is 2.46. The molecule has 4 heteroatoms. The van der Waals surface area contributed by atoms with Gasteiger partial charge in [-0.1, -0.05) is 24.3 Å². The minimum Gasteiger partial charge on any atom is -0.277 e. The van der Waals surface area contributed by atoms with Crippen LogP contribution in [0.5, 0.6) is 0 Å². The van der Waals surface area contributed by atoms with Gasteiger partial charge in [0.25, 0.3) is 0 Å². The van der Waals surface area contributed by atoms with Crippen molar-refractivity contribution in [2.24, 2.45) is 5.84 Å². The Morgan fingerprint density at radius 3 is 1.89 bits per heavy atom. The van der Waals surface area contributed by atoms with Gasteiger partial charge in [-0.15, -0.1) is 0 Å². The van der Waals surface area contributed by atoms with E-state index in [4.69, 9.17) is 16.4 Å². The average molecular weight is 234 g/mol. The zero-order chi connectivity index (χ0) is 13.0. The third-order valence-electron chi connectivity index (χ3n) is 2.55. The van der Waals surface area contributed by atoms with Crippen molar-refractivity contribution in [1.82, 2.24) is 0 Å². The Hall–Kier alpha value is -2.82. The fraction of sp³-hybridized carbons (Fsp3) is 0. The molecule has 0 unspecified atom stereocenters. The molecule has 86 valence electrons. The summed E-state index contributed by atoms with van der Waals surface area (Å²) in [6, 6.07) is 18.2. The van der Waals surface area contributed by atoms with E-state index in [0.29, 0.717) is 16.8 Å². The molecule has 0 aliphatic carbocycles. The molecule has 0 spiro atoms. The van der Waals surface area contributed by atoms with Crippen molar-refractivity contribution in [2.75, 3.05) is 5.01 Å². The van der Waals surface area contributed by atoms with Crippen molar-refractivity contribution >= 4 is 11.4 Å². The predicted octanol–water partition coefficient (Wildman–Crippen LogP) is 2.44. The van der Waals surface area contributed by atoms with Crippen molar-refractivity contribution < 1.29 is 0 Å². The Morgan fingerprint density at radius 2 is 1.39 bits per heavy atom. The first kappa shape index (κ1) is 11.7. The van der Waals surface area contributed by atoms with Crippen LogP contribution in [-0.2, 0) is 0 Å². The Labute approximate surface area is 105 Å². The first-order valence-electron chi connectivity index (χ1n) is 5.31. The van der Waals surface area contributed by atoms with Gasteiger partial charge in [-0.25, -0.2) is 5.84 Å². The fourth-order valence-electron chi connectivity index (χ4n) is 1.70. The monoisotopic (exact) mass is 234 g/mol. The lowest BCUT2D eigenvalue weighted by Gasteiger charge is -2.20. The second-order valence-corrected chi connectivity index (χ2v) is 3.63. The molecule has 2 N–H and O–H groups in total. The molecule has 0 fully saturated rings. The summed E-state index contributed by atoms with van der Waals surface area (Å²) in [6.07, 6.45) is 0. The lowest BCUT2D eigenvalue weighted by molar-refractivity contribution is 1.08. The lowest BCUT2D eigenvalue weighted by atomic mass is 10.1. The van der Waals surface area contributed by atoms with Crippen molar-refractivity contribution in [3.8, 4) is 12.1 Å². The zero-order valence-corrected chi connectivity index (χ0v) is 9.54. The predicted molar refractivity (Wildman–Crippen MR) is 68.6 cm³/mol. The maximum absolute atomic E-state index is 9.09. The molecule has 0 aliphatic rings. The van der Waals surface area contributed by atoms with E-state index < -0.39 is 0 Å². The van der Waals surface area contributed by atoms with Crippen LogP contribution in [0.1, 0.15) is 11.1 Å². The largest absolute Gasteiger partial charge is 0.277 e. The number of para-hydroxylation sites is 2. The maximum atomic E-state index is 9.09. The molecule has 0 aromatic heterocycles. The van der Waals surface area contributed by atoms with Gasteiger partial charge in [0, 0.05) is 0 Å². The molecule has 0 radical (unpaired) electrons. The molecule has 4 nitrogen and oxygen atoms in total. The van der Waals surface area contributed by atoms with E-state index in [9.17, 15) is 0 Å².